The predicted octanol–water partition coefficient (Wildman–Crippen LogP) is 2.11. The molecule has 1 unspecified atom stereocenters. The van der Waals surface area contributed by atoms with Crippen LogP contribution in [-0.2, 0) is 9.53 Å². The van der Waals surface area contributed by atoms with Crippen LogP contribution in [0.2, 0.25) is 0 Å². The number of halogens is 3. The van der Waals surface area contributed by atoms with E-state index < -0.39 is 30.2 Å². The molecule has 5 nitrogen and oxygen atoms in total. The van der Waals surface area contributed by atoms with Crippen LogP contribution in [0.5, 0.6) is 0 Å². The molecule has 1 aliphatic rings. The fraction of sp³-hybridized carbons (Fsp3) is 0.846. The average Bonchev–Trinajstić information content (AvgIpc) is 2.33. The summed E-state index contributed by atoms with van der Waals surface area (Å²) >= 11 is 0. The summed E-state index contributed by atoms with van der Waals surface area (Å²) in [7, 11) is 0. The molecule has 0 aromatic heterocycles. The first-order valence-corrected chi connectivity index (χ1v) is 6.80. The largest absolute Gasteiger partial charge is 0.451 e. The summed E-state index contributed by atoms with van der Waals surface area (Å²) in [6.07, 6.45) is -4.05. The zero-order valence-corrected chi connectivity index (χ0v) is 12.4. The van der Waals surface area contributed by atoms with Gasteiger partial charge in [-0.05, 0) is 33.6 Å². The number of alkyl halides is 3. The van der Waals surface area contributed by atoms with Crippen molar-refractivity contribution < 1.29 is 27.5 Å². The Labute approximate surface area is 121 Å². The third kappa shape index (κ3) is 6.33. The van der Waals surface area contributed by atoms with Crippen molar-refractivity contribution in [3.63, 3.8) is 0 Å². The van der Waals surface area contributed by atoms with Crippen LogP contribution in [0.25, 0.3) is 0 Å². The topological polar surface area (TPSA) is 58.6 Å². The number of carbonyl (C=O) groups is 2. The van der Waals surface area contributed by atoms with Gasteiger partial charge in [0.1, 0.15) is 5.60 Å². The van der Waals surface area contributed by atoms with Gasteiger partial charge in [-0.3, -0.25) is 4.79 Å². The number of ketones is 1. The van der Waals surface area contributed by atoms with Crippen molar-refractivity contribution in [2.45, 2.75) is 51.4 Å². The molecule has 1 N–H and O–H groups in total. The molecule has 0 spiro atoms. The molecule has 1 aliphatic heterocycles. The molecule has 21 heavy (non-hydrogen) atoms. The van der Waals surface area contributed by atoms with Crippen molar-refractivity contribution in [2.75, 3.05) is 19.6 Å². The van der Waals surface area contributed by atoms with Crippen molar-refractivity contribution in [3.8, 4) is 0 Å². The van der Waals surface area contributed by atoms with E-state index in [0.717, 1.165) is 0 Å². The number of piperidine rings is 1. The molecule has 0 saturated carbocycles. The van der Waals surface area contributed by atoms with E-state index in [1.54, 1.807) is 20.8 Å². The minimum atomic E-state index is -4.83. The third-order valence-electron chi connectivity index (χ3n) is 2.94. The Morgan fingerprint density at radius 2 is 1.90 bits per heavy atom. The van der Waals surface area contributed by atoms with Crippen LogP contribution < -0.4 is 5.32 Å². The van der Waals surface area contributed by atoms with Gasteiger partial charge in [-0.15, -0.1) is 0 Å². The molecule has 0 radical (unpaired) electrons. The summed E-state index contributed by atoms with van der Waals surface area (Å²) in [6, 6.07) is -0.336. The van der Waals surface area contributed by atoms with E-state index >= 15 is 0 Å². The first-order chi connectivity index (χ1) is 9.49. The molecule has 0 aliphatic carbocycles. The number of likely N-dealkylation sites (tertiary alicyclic amines) is 1. The van der Waals surface area contributed by atoms with Gasteiger partial charge in [-0.1, -0.05) is 0 Å². The first kappa shape index (κ1) is 17.7. The second kappa shape index (κ2) is 6.64. The smallest absolute Gasteiger partial charge is 0.444 e. The predicted molar refractivity (Wildman–Crippen MR) is 69.9 cm³/mol. The standard InChI is InChI=1S/C13H21F3N2O3/c1-12(2,3)21-11(20)18-6-4-5-9(8-18)17-7-10(19)13(14,15)16/h9,17H,4-8H2,1-3H3. The van der Waals surface area contributed by atoms with Crippen molar-refractivity contribution in [3.05, 3.63) is 0 Å². The maximum absolute atomic E-state index is 12.1. The van der Waals surface area contributed by atoms with E-state index in [1.807, 2.05) is 0 Å². The quantitative estimate of drug-likeness (QED) is 0.867. The van der Waals surface area contributed by atoms with Gasteiger partial charge < -0.3 is 15.0 Å². The highest BCUT2D eigenvalue weighted by Gasteiger charge is 2.38. The fourth-order valence-corrected chi connectivity index (χ4v) is 1.97. The lowest BCUT2D eigenvalue weighted by atomic mass is 10.1. The van der Waals surface area contributed by atoms with Crippen LogP contribution in [0.15, 0.2) is 0 Å². The Morgan fingerprint density at radius 3 is 2.43 bits per heavy atom. The van der Waals surface area contributed by atoms with Crippen molar-refractivity contribution >= 4 is 11.9 Å². The maximum Gasteiger partial charge on any atom is 0.451 e. The van der Waals surface area contributed by atoms with Gasteiger partial charge in [-0.2, -0.15) is 13.2 Å². The van der Waals surface area contributed by atoms with Gasteiger partial charge in [0.2, 0.25) is 5.78 Å². The van der Waals surface area contributed by atoms with E-state index in [9.17, 15) is 22.8 Å². The molecule has 1 fully saturated rings. The van der Waals surface area contributed by atoms with Gasteiger partial charge in [-0.25, -0.2) is 4.79 Å². The third-order valence-corrected chi connectivity index (χ3v) is 2.94. The molecule has 122 valence electrons. The molecular weight excluding hydrogens is 289 g/mol. The lowest BCUT2D eigenvalue weighted by Gasteiger charge is -2.34. The summed E-state index contributed by atoms with van der Waals surface area (Å²) in [5, 5.41) is 2.56. The summed E-state index contributed by atoms with van der Waals surface area (Å²) in [5.74, 6) is -1.81. The van der Waals surface area contributed by atoms with E-state index in [1.165, 1.54) is 4.90 Å². The highest BCUT2D eigenvalue weighted by molar-refractivity contribution is 5.85. The van der Waals surface area contributed by atoms with Crippen LogP contribution >= 0.6 is 0 Å². The molecule has 1 amide bonds. The number of rotatable bonds is 3. The molecule has 0 aromatic carbocycles. The second-order valence-electron chi connectivity index (χ2n) is 6.07. The zero-order chi connectivity index (χ0) is 16.3. The number of nitrogens with zero attached hydrogens (tertiary/aromatic N) is 1. The normalized spacial score (nSPS) is 20.3. The molecule has 1 saturated heterocycles. The van der Waals surface area contributed by atoms with E-state index in [0.29, 0.717) is 19.4 Å². The van der Waals surface area contributed by atoms with Crippen LogP contribution in [0.4, 0.5) is 18.0 Å². The number of Topliss-reactive ketones (excluding diaryl/α,β-unsaturated/α-hetero) is 1. The molecule has 1 rings (SSSR count). The van der Waals surface area contributed by atoms with Crippen LogP contribution in [0.1, 0.15) is 33.6 Å². The van der Waals surface area contributed by atoms with Crippen molar-refractivity contribution in [2.24, 2.45) is 0 Å². The Hall–Kier alpha value is -1.31. The number of carbonyl (C=O) groups excluding carboxylic acids is 2. The zero-order valence-electron chi connectivity index (χ0n) is 12.4. The Kier molecular flexibility index (Phi) is 5.61. The maximum atomic E-state index is 12.1. The Bertz CT molecular complexity index is 391. The van der Waals surface area contributed by atoms with Crippen LogP contribution in [0.3, 0.4) is 0 Å². The molecule has 1 heterocycles. The molecule has 0 bridgehead atoms. The van der Waals surface area contributed by atoms with Gasteiger partial charge in [0.15, 0.2) is 0 Å². The summed E-state index contributed by atoms with van der Waals surface area (Å²) in [5.41, 5.74) is -0.621. The monoisotopic (exact) mass is 310 g/mol. The Balaban J connectivity index is 2.46. The number of hydrogen-bond acceptors (Lipinski definition) is 4. The van der Waals surface area contributed by atoms with E-state index in [-0.39, 0.29) is 12.6 Å². The minimum Gasteiger partial charge on any atom is -0.444 e. The average molecular weight is 310 g/mol. The SMILES string of the molecule is CC(C)(C)OC(=O)N1CCCC(NCC(=O)C(F)(F)F)C1. The van der Waals surface area contributed by atoms with Crippen LogP contribution in [0, 0.1) is 0 Å². The van der Waals surface area contributed by atoms with E-state index in [2.05, 4.69) is 5.32 Å². The molecule has 8 heteroatoms. The molecule has 1 atom stereocenters. The number of nitrogens with one attached hydrogen (secondary N) is 1. The summed E-state index contributed by atoms with van der Waals surface area (Å²) in [4.78, 5) is 24.2. The van der Waals surface area contributed by atoms with Gasteiger partial charge in [0.05, 0.1) is 6.54 Å². The molecule has 0 aromatic rings. The van der Waals surface area contributed by atoms with Gasteiger partial charge in [0, 0.05) is 19.1 Å². The Morgan fingerprint density at radius 1 is 1.29 bits per heavy atom. The minimum absolute atomic E-state index is 0.236. The van der Waals surface area contributed by atoms with Gasteiger partial charge >= 0.3 is 12.3 Å². The number of ether oxygens (including phenoxy) is 1. The lowest BCUT2D eigenvalue weighted by molar-refractivity contribution is -0.170. The summed E-state index contributed by atoms with van der Waals surface area (Å²) in [6.45, 7) is 5.20. The van der Waals surface area contributed by atoms with Crippen molar-refractivity contribution in [1.29, 1.82) is 0 Å². The number of amides is 1. The van der Waals surface area contributed by atoms with Gasteiger partial charge in [0.25, 0.3) is 0 Å². The highest BCUT2D eigenvalue weighted by atomic mass is 19.4. The number of hydrogen-bond donors (Lipinski definition) is 1. The van der Waals surface area contributed by atoms with Crippen molar-refractivity contribution in [1.82, 2.24) is 10.2 Å². The second-order valence-corrected chi connectivity index (χ2v) is 6.07. The summed E-state index contributed by atoms with van der Waals surface area (Å²) < 4.78 is 41.6. The lowest BCUT2D eigenvalue weighted by Crippen LogP contribution is -2.51. The van der Waals surface area contributed by atoms with E-state index in [4.69, 9.17) is 4.74 Å². The highest BCUT2D eigenvalue weighted by Crippen LogP contribution is 2.17. The van der Waals surface area contributed by atoms with Crippen LogP contribution in [-0.4, -0.2) is 54.2 Å². The first-order valence-electron chi connectivity index (χ1n) is 6.80. The fourth-order valence-electron chi connectivity index (χ4n) is 1.97. The molecular formula is C13H21F3N2O3.